The van der Waals surface area contributed by atoms with Gasteiger partial charge in [-0.1, -0.05) is 74.5 Å². The van der Waals surface area contributed by atoms with Gasteiger partial charge < -0.3 is 5.32 Å². The Morgan fingerprint density at radius 1 is 0.839 bits per heavy atom. The van der Waals surface area contributed by atoms with Gasteiger partial charge in [0.05, 0.1) is 0 Å². The van der Waals surface area contributed by atoms with Crippen LogP contribution in [-0.4, -0.2) is 53.2 Å². The lowest BCUT2D eigenvalue weighted by atomic mass is 9.88. The summed E-state index contributed by atoms with van der Waals surface area (Å²) in [6.07, 6.45) is 0.653. The van der Waals surface area contributed by atoms with Gasteiger partial charge in [-0.3, -0.25) is 19.3 Å². The van der Waals surface area contributed by atoms with Crippen molar-refractivity contribution in [2.24, 2.45) is 5.92 Å². The Morgan fingerprint density at radius 3 is 1.87 bits per heavy atom. The molecule has 1 saturated heterocycles. The van der Waals surface area contributed by atoms with Crippen molar-refractivity contribution in [3.63, 3.8) is 0 Å². The molecule has 3 rings (SSSR count). The van der Waals surface area contributed by atoms with Crippen molar-refractivity contribution >= 4 is 23.8 Å². The fourth-order valence-electron chi connectivity index (χ4n) is 3.67. The molecular weight excluding hydrogens is 394 g/mol. The van der Waals surface area contributed by atoms with Gasteiger partial charge in [0.1, 0.15) is 6.54 Å². The van der Waals surface area contributed by atoms with Crippen molar-refractivity contribution in [1.82, 2.24) is 15.1 Å². The fraction of sp³-hybridized carbons (Fsp3) is 0.333. The molecule has 31 heavy (non-hydrogen) atoms. The lowest BCUT2D eigenvalue weighted by molar-refractivity contribution is -0.144. The second kappa shape index (κ2) is 10.0. The molecular formula is C24H27N3O4. The number of carbonyl (C=O) groups is 4. The van der Waals surface area contributed by atoms with Crippen LogP contribution in [0.5, 0.6) is 0 Å². The van der Waals surface area contributed by atoms with E-state index >= 15 is 0 Å². The first-order valence-corrected chi connectivity index (χ1v) is 10.4. The van der Waals surface area contributed by atoms with Gasteiger partial charge in [-0.25, -0.2) is 9.69 Å². The molecule has 7 nitrogen and oxygen atoms in total. The highest BCUT2D eigenvalue weighted by molar-refractivity contribution is 6.45. The van der Waals surface area contributed by atoms with E-state index in [1.54, 1.807) is 0 Å². The molecule has 0 atom stereocenters. The molecule has 0 radical (unpaired) electrons. The van der Waals surface area contributed by atoms with Crippen LogP contribution in [-0.2, 0) is 14.4 Å². The lowest BCUT2D eigenvalue weighted by Crippen LogP contribution is -2.42. The topological polar surface area (TPSA) is 86.8 Å². The van der Waals surface area contributed by atoms with E-state index in [1.165, 1.54) is 0 Å². The lowest BCUT2D eigenvalue weighted by Gasteiger charge is -2.19. The first-order chi connectivity index (χ1) is 14.9. The average molecular weight is 421 g/mol. The Morgan fingerprint density at radius 2 is 1.35 bits per heavy atom. The monoisotopic (exact) mass is 421 g/mol. The highest BCUT2D eigenvalue weighted by atomic mass is 16.2. The summed E-state index contributed by atoms with van der Waals surface area (Å²) in [6, 6.07) is 19.3. The predicted molar refractivity (Wildman–Crippen MR) is 116 cm³/mol. The van der Waals surface area contributed by atoms with Crippen molar-refractivity contribution < 1.29 is 19.2 Å². The molecule has 1 aliphatic rings. The number of amides is 5. The van der Waals surface area contributed by atoms with Crippen LogP contribution in [0.3, 0.4) is 0 Å². The van der Waals surface area contributed by atoms with Gasteiger partial charge in [-0.15, -0.1) is 0 Å². The summed E-state index contributed by atoms with van der Waals surface area (Å²) in [6.45, 7) is 3.75. The molecule has 2 aromatic rings. The predicted octanol–water partition coefficient (Wildman–Crippen LogP) is 2.77. The molecule has 5 amide bonds. The quantitative estimate of drug-likeness (QED) is 0.498. The standard InChI is InChI=1S/C24H27N3O4/c1-17(2)15-26-22(29)23(30)27(24(26)31)16-21(28)25-14-13-20(18-9-5-3-6-10-18)19-11-7-4-8-12-19/h3-12,17,20H,13-16H2,1-2H3,(H,25,28). The van der Waals surface area contributed by atoms with Crippen molar-refractivity contribution in [3.05, 3.63) is 71.8 Å². The van der Waals surface area contributed by atoms with E-state index in [4.69, 9.17) is 0 Å². The van der Waals surface area contributed by atoms with Gasteiger partial charge in [-0.2, -0.15) is 0 Å². The number of benzene rings is 2. The Kier molecular flexibility index (Phi) is 7.18. The molecule has 1 N–H and O–H groups in total. The minimum absolute atomic E-state index is 0.0300. The van der Waals surface area contributed by atoms with Crippen LogP contribution in [0.25, 0.3) is 0 Å². The Bertz CT molecular complexity index is 904. The van der Waals surface area contributed by atoms with Crippen LogP contribution in [0, 0.1) is 5.92 Å². The molecule has 1 heterocycles. The van der Waals surface area contributed by atoms with Crippen LogP contribution >= 0.6 is 0 Å². The summed E-state index contributed by atoms with van der Waals surface area (Å²) in [5.41, 5.74) is 2.28. The number of hydrogen-bond donors (Lipinski definition) is 1. The second-order valence-electron chi connectivity index (χ2n) is 8.00. The van der Waals surface area contributed by atoms with Crippen LogP contribution in [0.15, 0.2) is 60.7 Å². The summed E-state index contributed by atoms with van der Waals surface area (Å²) < 4.78 is 0. The molecule has 0 bridgehead atoms. The van der Waals surface area contributed by atoms with Crippen molar-refractivity contribution in [2.45, 2.75) is 26.2 Å². The van der Waals surface area contributed by atoms with Gasteiger partial charge in [0.15, 0.2) is 0 Å². The number of rotatable bonds is 9. The highest BCUT2D eigenvalue weighted by Crippen LogP contribution is 2.27. The Balaban J connectivity index is 1.59. The maximum absolute atomic E-state index is 12.4. The van der Waals surface area contributed by atoms with Crippen LogP contribution in [0.1, 0.15) is 37.3 Å². The normalized spacial score (nSPS) is 14.1. The first kappa shape index (κ1) is 22.2. The smallest absolute Gasteiger partial charge is 0.334 e. The first-order valence-electron chi connectivity index (χ1n) is 10.4. The molecule has 0 aliphatic carbocycles. The van der Waals surface area contributed by atoms with Gasteiger partial charge in [0, 0.05) is 19.0 Å². The summed E-state index contributed by atoms with van der Waals surface area (Å²) in [5, 5.41) is 2.78. The van der Waals surface area contributed by atoms with Crippen molar-refractivity contribution in [2.75, 3.05) is 19.6 Å². The number of nitrogens with one attached hydrogen (secondary N) is 1. The number of imide groups is 2. The van der Waals surface area contributed by atoms with E-state index < -0.39 is 30.3 Å². The zero-order valence-electron chi connectivity index (χ0n) is 17.8. The van der Waals surface area contributed by atoms with Crippen LogP contribution in [0.4, 0.5) is 4.79 Å². The van der Waals surface area contributed by atoms with Gasteiger partial charge in [-0.05, 0) is 23.5 Å². The number of urea groups is 1. The minimum Gasteiger partial charge on any atom is -0.355 e. The average Bonchev–Trinajstić information content (AvgIpc) is 2.96. The molecule has 0 unspecified atom stereocenters. The molecule has 0 spiro atoms. The molecule has 0 saturated carbocycles. The maximum atomic E-state index is 12.4. The van der Waals surface area contributed by atoms with Gasteiger partial charge >= 0.3 is 17.8 Å². The highest BCUT2D eigenvalue weighted by Gasteiger charge is 2.45. The maximum Gasteiger partial charge on any atom is 0.334 e. The summed E-state index contributed by atoms with van der Waals surface area (Å²) in [7, 11) is 0. The van der Waals surface area contributed by atoms with E-state index in [1.807, 2.05) is 50.2 Å². The molecule has 1 aliphatic heterocycles. The molecule has 7 heteroatoms. The molecule has 2 aromatic carbocycles. The Labute approximate surface area is 182 Å². The summed E-state index contributed by atoms with van der Waals surface area (Å²) in [5.74, 6) is -2.17. The zero-order chi connectivity index (χ0) is 22.4. The third kappa shape index (κ3) is 5.36. The SMILES string of the molecule is CC(C)CN1C(=O)C(=O)N(CC(=O)NCCC(c2ccccc2)c2ccccc2)C1=O. The van der Waals surface area contributed by atoms with E-state index in [9.17, 15) is 19.2 Å². The third-order valence-electron chi connectivity index (χ3n) is 5.14. The van der Waals surface area contributed by atoms with Gasteiger partial charge in [0.25, 0.3) is 0 Å². The van der Waals surface area contributed by atoms with E-state index in [-0.39, 0.29) is 18.4 Å². The fourth-order valence-corrected chi connectivity index (χ4v) is 3.67. The van der Waals surface area contributed by atoms with E-state index in [2.05, 4.69) is 29.6 Å². The number of carbonyl (C=O) groups excluding carboxylic acids is 4. The molecule has 0 aromatic heterocycles. The number of nitrogens with zero attached hydrogens (tertiary/aromatic N) is 2. The minimum atomic E-state index is -0.952. The van der Waals surface area contributed by atoms with Crippen LogP contribution < -0.4 is 5.32 Å². The molecule has 1 fully saturated rings. The van der Waals surface area contributed by atoms with Gasteiger partial charge in [0.2, 0.25) is 5.91 Å². The molecule has 162 valence electrons. The largest absolute Gasteiger partial charge is 0.355 e. The van der Waals surface area contributed by atoms with E-state index in [0.717, 1.165) is 16.0 Å². The zero-order valence-corrected chi connectivity index (χ0v) is 17.8. The van der Waals surface area contributed by atoms with E-state index in [0.29, 0.717) is 17.9 Å². The van der Waals surface area contributed by atoms with Crippen molar-refractivity contribution in [1.29, 1.82) is 0 Å². The summed E-state index contributed by atoms with van der Waals surface area (Å²) >= 11 is 0. The third-order valence-corrected chi connectivity index (χ3v) is 5.14. The van der Waals surface area contributed by atoms with Crippen LogP contribution in [0.2, 0.25) is 0 Å². The summed E-state index contributed by atoms with van der Waals surface area (Å²) in [4.78, 5) is 50.6. The number of hydrogen-bond acceptors (Lipinski definition) is 4. The Hall–Kier alpha value is -3.48. The van der Waals surface area contributed by atoms with Crippen molar-refractivity contribution in [3.8, 4) is 0 Å². The second-order valence-corrected chi connectivity index (χ2v) is 8.00.